The Balaban J connectivity index is 2.34. The predicted octanol–water partition coefficient (Wildman–Crippen LogP) is 2.32. The summed E-state index contributed by atoms with van der Waals surface area (Å²) in [6.07, 6.45) is 0.882. The van der Waals surface area contributed by atoms with Gasteiger partial charge in [-0.05, 0) is 43.7 Å². The monoisotopic (exact) mass is 441 g/mol. The van der Waals surface area contributed by atoms with E-state index in [1.807, 2.05) is 0 Å². The number of anilines is 2. The maximum Gasteiger partial charge on any atom is 0.271 e. The lowest BCUT2D eigenvalue weighted by Gasteiger charge is -2.12. The maximum absolute atomic E-state index is 12.5. The number of nitro benzene ring substituents is 1. The maximum atomic E-state index is 12.5. The van der Waals surface area contributed by atoms with Crippen molar-refractivity contribution in [1.29, 1.82) is 0 Å². The summed E-state index contributed by atoms with van der Waals surface area (Å²) in [7, 11) is -7.23. The van der Waals surface area contributed by atoms with Crippen LogP contribution in [0.25, 0.3) is 0 Å². The molecule has 156 valence electrons. The summed E-state index contributed by atoms with van der Waals surface area (Å²) >= 11 is 0. The van der Waals surface area contributed by atoms with Crippen molar-refractivity contribution in [2.24, 2.45) is 0 Å². The number of carbonyl (C=O) groups is 1. The van der Waals surface area contributed by atoms with E-state index < -0.39 is 36.4 Å². The van der Waals surface area contributed by atoms with Gasteiger partial charge in [0.1, 0.15) is 0 Å². The third-order valence-electron chi connectivity index (χ3n) is 3.92. The van der Waals surface area contributed by atoms with Crippen LogP contribution in [0.5, 0.6) is 0 Å². The molecule has 0 radical (unpaired) electrons. The van der Waals surface area contributed by atoms with E-state index >= 15 is 0 Å². The average Bonchev–Trinajstić information content (AvgIpc) is 2.62. The minimum Gasteiger partial charge on any atom is -0.322 e. The third-order valence-corrected chi connectivity index (χ3v) is 6.31. The number of hydrogen-bond acceptors (Lipinski definition) is 7. The van der Waals surface area contributed by atoms with Gasteiger partial charge < -0.3 is 5.32 Å². The summed E-state index contributed by atoms with van der Waals surface area (Å²) < 4.78 is 49.3. The third kappa shape index (κ3) is 5.74. The van der Waals surface area contributed by atoms with E-state index in [0.29, 0.717) is 16.9 Å². The van der Waals surface area contributed by atoms with Crippen molar-refractivity contribution >= 4 is 42.8 Å². The van der Waals surface area contributed by atoms with Gasteiger partial charge in [0.2, 0.25) is 10.0 Å². The highest BCUT2D eigenvalue weighted by Crippen LogP contribution is 2.24. The highest BCUT2D eigenvalue weighted by molar-refractivity contribution is 7.92. The number of benzene rings is 2. The number of amides is 1. The second kappa shape index (κ2) is 8.17. The van der Waals surface area contributed by atoms with Crippen LogP contribution in [0.15, 0.2) is 41.3 Å². The van der Waals surface area contributed by atoms with E-state index in [0.717, 1.165) is 24.5 Å². The molecule has 0 fully saturated rings. The van der Waals surface area contributed by atoms with Gasteiger partial charge in [-0.2, -0.15) is 0 Å². The second-order valence-electron chi connectivity index (χ2n) is 6.23. The van der Waals surface area contributed by atoms with Gasteiger partial charge >= 0.3 is 0 Å². The van der Waals surface area contributed by atoms with Gasteiger partial charge in [0, 0.05) is 29.6 Å². The topological polar surface area (TPSA) is 153 Å². The molecule has 0 aliphatic rings. The molecule has 12 heteroatoms. The number of sulfonamides is 1. The van der Waals surface area contributed by atoms with Crippen molar-refractivity contribution in [3.05, 3.63) is 57.6 Å². The van der Waals surface area contributed by atoms with E-state index in [1.165, 1.54) is 25.1 Å². The van der Waals surface area contributed by atoms with Crippen molar-refractivity contribution in [3.8, 4) is 0 Å². The zero-order valence-corrected chi connectivity index (χ0v) is 17.4. The Bertz CT molecular complexity index is 1190. The molecule has 1 amide bonds. The van der Waals surface area contributed by atoms with Gasteiger partial charge in [0.25, 0.3) is 11.6 Å². The van der Waals surface area contributed by atoms with Crippen molar-refractivity contribution in [2.45, 2.75) is 18.7 Å². The van der Waals surface area contributed by atoms with Gasteiger partial charge in [-0.3, -0.25) is 19.6 Å². The highest BCUT2D eigenvalue weighted by Gasteiger charge is 2.19. The molecule has 0 aliphatic heterocycles. The first kappa shape index (κ1) is 22.3. The van der Waals surface area contributed by atoms with E-state index in [4.69, 9.17) is 0 Å². The minimum atomic E-state index is -3.77. The fraction of sp³-hybridized carbons (Fsp3) is 0.235. The van der Waals surface area contributed by atoms with Crippen LogP contribution in [0.3, 0.4) is 0 Å². The normalized spacial score (nSPS) is 11.7. The number of hydrogen-bond donors (Lipinski definition) is 2. The first-order valence-corrected chi connectivity index (χ1v) is 11.8. The molecular formula is C17H19N3O7S2. The summed E-state index contributed by atoms with van der Waals surface area (Å²) in [5.74, 6) is -0.847. The molecule has 2 N–H and O–H groups in total. The Morgan fingerprint density at radius 2 is 1.76 bits per heavy atom. The highest BCUT2D eigenvalue weighted by atomic mass is 32.2. The molecule has 2 aromatic carbocycles. The van der Waals surface area contributed by atoms with Gasteiger partial charge in [-0.15, -0.1) is 0 Å². The van der Waals surface area contributed by atoms with Gasteiger partial charge in [0.15, 0.2) is 9.84 Å². The van der Waals surface area contributed by atoms with Crippen molar-refractivity contribution in [3.63, 3.8) is 0 Å². The fourth-order valence-electron chi connectivity index (χ4n) is 2.33. The van der Waals surface area contributed by atoms with Gasteiger partial charge in [-0.25, -0.2) is 16.8 Å². The van der Waals surface area contributed by atoms with Crippen LogP contribution in [-0.4, -0.2) is 39.7 Å². The van der Waals surface area contributed by atoms with Crippen LogP contribution in [0.4, 0.5) is 17.1 Å². The van der Waals surface area contributed by atoms with E-state index in [-0.39, 0.29) is 16.2 Å². The number of sulfone groups is 1. The Kier molecular flexibility index (Phi) is 6.28. The molecule has 2 aromatic rings. The Morgan fingerprint density at radius 3 is 2.28 bits per heavy atom. The van der Waals surface area contributed by atoms with Crippen molar-refractivity contribution in [2.75, 3.05) is 22.0 Å². The summed E-state index contributed by atoms with van der Waals surface area (Å²) in [6, 6.07) is 7.33. The largest absolute Gasteiger partial charge is 0.322 e. The smallest absolute Gasteiger partial charge is 0.271 e. The molecule has 0 atom stereocenters. The zero-order chi connectivity index (χ0) is 22.0. The van der Waals surface area contributed by atoms with Crippen molar-refractivity contribution < 1.29 is 26.6 Å². The van der Waals surface area contributed by atoms with Crippen molar-refractivity contribution in [1.82, 2.24) is 0 Å². The molecule has 0 spiro atoms. The first-order chi connectivity index (χ1) is 13.3. The number of carbonyl (C=O) groups excluding carboxylic acids is 1. The first-order valence-electron chi connectivity index (χ1n) is 8.24. The van der Waals surface area contributed by atoms with E-state index in [9.17, 15) is 31.7 Å². The molecule has 0 heterocycles. The zero-order valence-electron chi connectivity index (χ0n) is 15.8. The summed E-state index contributed by atoms with van der Waals surface area (Å²) in [5.41, 5.74) is 0.459. The van der Waals surface area contributed by atoms with Gasteiger partial charge in [-0.1, -0.05) is 0 Å². The van der Waals surface area contributed by atoms with Crippen LogP contribution in [0.2, 0.25) is 0 Å². The molecule has 0 saturated carbocycles. The molecule has 0 aliphatic carbocycles. The molecule has 0 aromatic heterocycles. The standard InChI is InChI=1S/C17H19N3O7S2/c1-4-29(26,27)19-16-6-5-13(7-11(16)2)18-17(21)12-8-14(20(22)23)10-15(9-12)28(3,24)25/h5-10,19H,4H2,1-3H3,(H,18,21). The van der Waals surface area contributed by atoms with Crippen LogP contribution in [-0.2, 0) is 19.9 Å². The van der Waals surface area contributed by atoms with Crippen LogP contribution >= 0.6 is 0 Å². The summed E-state index contributed by atoms with van der Waals surface area (Å²) in [6.45, 7) is 3.13. The SMILES string of the molecule is CCS(=O)(=O)Nc1ccc(NC(=O)c2cc([N+](=O)[O-])cc(S(C)(=O)=O)c2)cc1C. The quantitative estimate of drug-likeness (QED) is 0.494. The molecule has 10 nitrogen and oxygen atoms in total. The van der Waals surface area contributed by atoms with Crippen LogP contribution in [0, 0.1) is 17.0 Å². The molecule has 2 rings (SSSR count). The number of aryl methyl sites for hydroxylation is 1. The Hall–Kier alpha value is -2.99. The second-order valence-corrected chi connectivity index (χ2v) is 10.3. The Labute approximate surface area is 168 Å². The van der Waals surface area contributed by atoms with Gasteiger partial charge in [0.05, 0.1) is 21.3 Å². The molecule has 0 unspecified atom stereocenters. The number of non-ortho nitro benzene ring substituents is 1. The molecule has 0 bridgehead atoms. The minimum absolute atomic E-state index is 0.0968. The lowest BCUT2D eigenvalue weighted by atomic mass is 10.1. The predicted molar refractivity (Wildman–Crippen MR) is 108 cm³/mol. The Morgan fingerprint density at radius 1 is 1.10 bits per heavy atom. The van der Waals surface area contributed by atoms with Crippen LogP contribution in [0.1, 0.15) is 22.8 Å². The lowest BCUT2D eigenvalue weighted by Crippen LogP contribution is -2.16. The fourth-order valence-corrected chi connectivity index (χ4v) is 3.72. The summed E-state index contributed by atoms with van der Waals surface area (Å²) in [5, 5.41) is 13.6. The van der Waals surface area contributed by atoms with E-state index in [2.05, 4.69) is 10.0 Å². The summed E-state index contributed by atoms with van der Waals surface area (Å²) in [4.78, 5) is 22.4. The van der Waals surface area contributed by atoms with Crippen LogP contribution < -0.4 is 10.0 Å². The number of rotatable bonds is 7. The number of nitro groups is 1. The number of nitrogens with zero attached hydrogens (tertiary/aromatic N) is 1. The average molecular weight is 441 g/mol. The lowest BCUT2D eigenvalue weighted by molar-refractivity contribution is -0.385. The number of nitrogens with one attached hydrogen (secondary N) is 2. The molecular weight excluding hydrogens is 422 g/mol. The van der Waals surface area contributed by atoms with E-state index in [1.54, 1.807) is 6.92 Å². The molecule has 0 saturated heterocycles. The molecule has 29 heavy (non-hydrogen) atoms.